The van der Waals surface area contributed by atoms with Crippen LogP contribution >= 0.6 is 11.3 Å². The van der Waals surface area contributed by atoms with Crippen LogP contribution in [0.4, 0.5) is 5.95 Å². The quantitative estimate of drug-likeness (QED) is 0.791. The number of aromatic nitrogens is 3. The minimum atomic E-state index is -3.40. The van der Waals surface area contributed by atoms with Gasteiger partial charge in [-0.05, 0) is 12.1 Å². The van der Waals surface area contributed by atoms with Crippen molar-refractivity contribution in [2.45, 2.75) is 0 Å². The largest absolute Gasteiger partial charge is 0.496 e. The van der Waals surface area contributed by atoms with Gasteiger partial charge in [-0.3, -0.25) is 4.72 Å². The molecular weight excluding hydrogens is 312 g/mol. The van der Waals surface area contributed by atoms with Gasteiger partial charge >= 0.3 is 0 Å². The van der Waals surface area contributed by atoms with Gasteiger partial charge in [0.05, 0.1) is 19.1 Å². The van der Waals surface area contributed by atoms with E-state index in [1.54, 1.807) is 11.6 Å². The Morgan fingerprint density at radius 2 is 2.10 bits per heavy atom. The van der Waals surface area contributed by atoms with E-state index in [0.717, 1.165) is 17.5 Å². The lowest BCUT2D eigenvalue weighted by Gasteiger charge is -2.06. The third kappa shape index (κ3) is 2.69. The van der Waals surface area contributed by atoms with E-state index in [1.165, 1.54) is 11.3 Å². The number of benzene rings is 1. The minimum Gasteiger partial charge on any atom is -0.496 e. The first kappa shape index (κ1) is 13.8. The average molecular weight is 324 g/mol. The fourth-order valence-corrected chi connectivity index (χ4v) is 3.17. The van der Waals surface area contributed by atoms with Gasteiger partial charge in [-0.15, -0.1) is 16.4 Å². The van der Waals surface area contributed by atoms with E-state index >= 15 is 0 Å². The summed E-state index contributed by atoms with van der Waals surface area (Å²) < 4.78 is 31.7. The zero-order valence-electron chi connectivity index (χ0n) is 11.3. The van der Waals surface area contributed by atoms with Gasteiger partial charge in [-0.1, -0.05) is 12.1 Å². The highest BCUT2D eigenvalue weighted by Gasteiger charge is 2.15. The van der Waals surface area contributed by atoms with E-state index in [0.29, 0.717) is 10.7 Å². The molecule has 1 N–H and O–H groups in total. The van der Waals surface area contributed by atoms with Crippen LogP contribution in [0.25, 0.3) is 16.2 Å². The molecule has 3 rings (SSSR count). The van der Waals surface area contributed by atoms with Crippen LogP contribution in [0.3, 0.4) is 0 Å². The van der Waals surface area contributed by atoms with E-state index in [1.807, 2.05) is 29.6 Å². The Balaban J connectivity index is 2.12. The van der Waals surface area contributed by atoms with Gasteiger partial charge in [0.1, 0.15) is 5.75 Å². The number of fused-ring (bicyclic) bond motifs is 1. The number of hydrogen-bond acceptors (Lipinski definition) is 6. The molecule has 7 nitrogen and oxygen atoms in total. The Morgan fingerprint density at radius 1 is 1.33 bits per heavy atom. The van der Waals surface area contributed by atoms with Crippen LogP contribution in [0.1, 0.15) is 0 Å². The summed E-state index contributed by atoms with van der Waals surface area (Å²) in [7, 11) is -1.80. The third-order valence-electron chi connectivity index (χ3n) is 2.74. The minimum absolute atomic E-state index is 0.0560. The second-order valence-electron chi connectivity index (χ2n) is 4.33. The summed E-state index contributed by atoms with van der Waals surface area (Å²) in [5.41, 5.74) is 1.66. The molecule has 0 unspecified atom stereocenters. The smallest absolute Gasteiger partial charge is 0.257 e. The van der Waals surface area contributed by atoms with E-state index in [2.05, 4.69) is 14.8 Å². The van der Waals surface area contributed by atoms with Crippen molar-refractivity contribution >= 4 is 32.3 Å². The first-order valence-electron chi connectivity index (χ1n) is 5.93. The lowest BCUT2D eigenvalue weighted by atomic mass is 10.1. The number of hydrogen-bond donors (Lipinski definition) is 1. The second kappa shape index (κ2) is 5.01. The van der Waals surface area contributed by atoms with Crippen LogP contribution in [-0.4, -0.2) is 36.4 Å². The lowest BCUT2D eigenvalue weighted by molar-refractivity contribution is 0.416. The summed E-state index contributed by atoms with van der Waals surface area (Å²) in [6.45, 7) is 0. The molecule has 2 aromatic heterocycles. The standard InChI is InChI=1S/C12H12N4O3S2/c1-19-10-6-4-3-5-8(10)9-7-20-12-13-11(14-16(9)12)15-21(2,17)18/h3-7H,1-2H3,(H,14,15). The van der Waals surface area contributed by atoms with Crippen LogP contribution in [0.15, 0.2) is 29.6 Å². The zero-order valence-corrected chi connectivity index (χ0v) is 12.9. The van der Waals surface area contributed by atoms with Crippen molar-refractivity contribution < 1.29 is 13.2 Å². The van der Waals surface area contributed by atoms with Crippen molar-refractivity contribution in [2.75, 3.05) is 18.1 Å². The first-order valence-corrected chi connectivity index (χ1v) is 8.70. The number of nitrogens with one attached hydrogen (secondary N) is 1. The first-order chi connectivity index (χ1) is 9.98. The molecule has 0 aliphatic carbocycles. The van der Waals surface area contributed by atoms with E-state index < -0.39 is 10.0 Å². The molecule has 2 heterocycles. The summed E-state index contributed by atoms with van der Waals surface area (Å²) in [5.74, 6) is 0.769. The van der Waals surface area contributed by atoms with Crippen molar-refractivity contribution in [1.82, 2.24) is 14.6 Å². The number of sulfonamides is 1. The number of rotatable bonds is 4. The van der Waals surface area contributed by atoms with Gasteiger partial charge in [0.2, 0.25) is 15.0 Å². The number of thiazole rings is 1. The molecule has 21 heavy (non-hydrogen) atoms. The molecule has 0 radical (unpaired) electrons. The molecule has 0 fully saturated rings. The lowest BCUT2D eigenvalue weighted by Crippen LogP contribution is -2.10. The molecule has 110 valence electrons. The Morgan fingerprint density at radius 3 is 2.81 bits per heavy atom. The van der Waals surface area contributed by atoms with Crippen LogP contribution in [0.5, 0.6) is 5.75 Å². The molecule has 1 aromatic carbocycles. The van der Waals surface area contributed by atoms with Gasteiger partial charge in [0.25, 0.3) is 5.95 Å². The van der Waals surface area contributed by atoms with Crippen molar-refractivity contribution in [3.8, 4) is 17.0 Å². The summed E-state index contributed by atoms with van der Waals surface area (Å²) in [6.07, 6.45) is 1.06. The highest BCUT2D eigenvalue weighted by atomic mass is 32.2. The van der Waals surface area contributed by atoms with Crippen LogP contribution < -0.4 is 9.46 Å². The molecule has 0 saturated carbocycles. The Labute approximate surface area is 125 Å². The Kier molecular flexibility index (Phi) is 3.30. The molecule has 0 aliphatic heterocycles. The molecule has 0 aliphatic rings. The second-order valence-corrected chi connectivity index (χ2v) is 6.91. The third-order valence-corrected chi connectivity index (χ3v) is 4.11. The summed E-state index contributed by atoms with van der Waals surface area (Å²) in [6, 6.07) is 7.54. The maximum atomic E-state index is 11.2. The van der Waals surface area contributed by atoms with Crippen LogP contribution in [0.2, 0.25) is 0 Å². The zero-order chi connectivity index (χ0) is 15.0. The molecular formula is C12H12N4O3S2. The number of ether oxygens (including phenoxy) is 1. The monoisotopic (exact) mass is 324 g/mol. The molecule has 3 aromatic rings. The van der Waals surface area contributed by atoms with Crippen molar-refractivity contribution in [2.24, 2.45) is 0 Å². The predicted molar refractivity (Wildman–Crippen MR) is 81.3 cm³/mol. The number of nitrogens with zero attached hydrogens (tertiary/aromatic N) is 3. The van der Waals surface area contributed by atoms with Gasteiger partial charge in [-0.2, -0.15) is 4.98 Å². The van der Waals surface area contributed by atoms with E-state index in [9.17, 15) is 8.42 Å². The average Bonchev–Trinajstić information content (AvgIpc) is 2.96. The molecule has 0 amide bonds. The Hall–Kier alpha value is -2.13. The Bertz CT molecular complexity index is 898. The van der Waals surface area contributed by atoms with Gasteiger partial charge in [0, 0.05) is 10.9 Å². The molecule has 9 heteroatoms. The highest BCUT2D eigenvalue weighted by molar-refractivity contribution is 7.91. The van der Waals surface area contributed by atoms with E-state index in [4.69, 9.17) is 4.74 Å². The number of anilines is 1. The van der Waals surface area contributed by atoms with Gasteiger partial charge < -0.3 is 4.74 Å². The summed E-state index contributed by atoms with van der Waals surface area (Å²) >= 11 is 1.37. The molecule has 0 spiro atoms. The fourth-order valence-electron chi connectivity index (χ4n) is 1.93. The number of para-hydroxylation sites is 1. The highest BCUT2D eigenvalue weighted by Crippen LogP contribution is 2.32. The number of methoxy groups -OCH3 is 1. The normalized spacial score (nSPS) is 11.7. The fraction of sp³-hybridized carbons (Fsp3) is 0.167. The van der Waals surface area contributed by atoms with E-state index in [-0.39, 0.29) is 5.95 Å². The topological polar surface area (TPSA) is 85.6 Å². The predicted octanol–water partition coefficient (Wildman–Crippen LogP) is 1.84. The molecule has 0 atom stereocenters. The summed E-state index contributed by atoms with van der Waals surface area (Å²) in [5, 5.41) is 6.08. The van der Waals surface area contributed by atoms with Crippen molar-refractivity contribution in [1.29, 1.82) is 0 Å². The van der Waals surface area contributed by atoms with Crippen LogP contribution in [-0.2, 0) is 10.0 Å². The summed E-state index contributed by atoms with van der Waals surface area (Å²) in [4.78, 5) is 4.74. The van der Waals surface area contributed by atoms with Crippen molar-refractivity contribution in [3.05, 3.63) is 29.6 Å². The van der Waals surface area contributed by atoms with Crippen molar-refractivity contribution in [3.63, 3.8) is 0 Å². The van der Waals surface area contributed by atoms with Gasteiger partial charge in [0.15, 0.2) is 0 Å². The van der Waals surface area contributed by atoms with Gasteiger partial charge in [-0.25, -0.2) is 12.9 Å². The maximum absolute atomic E-state index is 11.2. The molecule has 0 saturated heterocycles. The molecule has 0 bridgehead atoms. The maximum Gasteiger partial charge on any atom is 0.257 e. The SMILES string of the molecule is COc1ccccc1-c1csc2nc(NS(C)(=O)=O)nn12. The van der Waals surface area contributed by atoms with Crippen LogP contribution in [0, 0.1) is 0 Å².